The molecule has 1 aromatic heterocycles. The van der Waals surface area contributed by atoms with Gasteiger partial charge in [-0.2, -0.15) is 0 Å². The molecule has 1 N–H and O–H groups in total. The van der Waals surface area contributed by atoms with Crippen molar-refractivity contribution in [1.82, 2.24) is 15.5 Å². The van der Waals surface area contributed by atoms with Gasteiger partial charge in [-0.05, 0) is 55.7 Å². The Hall–Kier alpha value is -2.17. The molecule has 0 radical (unpaired) electrons. The lowest BCUT2D eigenvalue weighted by Crippen LogP contribution is -2.30. The van der Waals surface area contributed by atoms with E-state index < -0.39 is 0 Å². The fourth-order valence-electron chi connectivity index (χ4n) is 3.46. The summed E-state index contributed by atoms with van der Waals surface area (Å²) in [6.07, 6.45) is 4.60. The van der Waals surface area contributed by atoms with Gasteiger partial charge in [0.25, 0.3) is 0 Å². The molecule has 0 saturated heterocycles. The third-order valence-corrected chi connectivity index (χ3v) is 4.85. The van der Waals surface area contributed by atoms with E-state index in [-0.39, 0.29) is 5.91 Å². The summed E-state index contributed by atoms with van der Waals surface area (Å²) < 4.78 is 5.83. The number of nitrogens with zero attached hydrogens (tertiary/aromatic N) is 2. The van der Waals surface area contributed by atoms with Gasteiger partial charge < -0.3 is 9.73 Å². The Morgan fingerprint density at radius 1 is 1.21 bits per heavy atom. The molecular formula is C19H25N3O2. The number of carbonyl (C=O) groups excluding carboxylic acids is 1. The predicted molar refractivity (Wildman–Crippen MR) is 91.7 cm³/mol. The van der Waals surface area contributed by atoms with Crippen LogP contribution in [0.2, 0.25) is 0 Å². The van der Waals surface area contributed by atoms with Gasteiger partial charge in [0.1, 0.15) is 0 Å². The van der Waals surface area contributed by atoms with Crippen LogP contribution in [0.4, 0.5) is 0 Å². The van der Waals surface area contributed by atoms with E-state index in [2.05, 4.69) is 47.6 Å². The average molecular weight is 327 g/mol. The molecule has 3 rings (SSSR count). The molecule has 1 saturated carbocycles. The van der Waals surface area contributed by atoms with Crippen molar-refractivity contribution in [3.8, 4) is 0 Å². The van der Waals surface area contributed by atoms with Crippen molar-refractivity contribution in [2.75, 3.05) is 0 Å². The normalized spacial score (nSPS) is 20.3. The lowest BCUT2D eigenvalue weighted by molar-refractivity contribution is -0.119. The SMILES string of the molecule is CC(=O)N[C@H]1CC[C@@H](Cc2nnc(Cc3ccc(C)c(C)c3)o2)C1. The summed E-state index contributed by atoms with van der Waals surface area (Å²) in [6.45, 7) is 5.80. The largest absolute Gasteiger partial charge is 0.425 e. The third-order valence-electron chi connectivity index (χ3n) is 4.85. The van der Waals surface area contributed by atoms with Gasteiger partial charge in [0, 0.05) is 19.4 Å². The molecule has 0 unspecified atom stereocenters. The molecule has 24 heavy (non-hydrogen) atoms. The summed E-state index contributed by atoms with van der Waals surface area (Å²) in [5, 5.41) is 11.4. The van der Waals surface area contributed by atoms with Crippen molar-refractivity contribution < 1.29 is 9.21 Å². The summed E-state index contributed by atoms with van der Waals surface area (Å²) >= 11 is 0. The Morgan fingerprint density at radius 2 is 2.00 bits per heavy atom. The summed E-state index contributed by atoms with van der Waals surface area (Å²) in [5.41, 5.74) is 3.77. The smallest absolute Gasteiger partial charge is 0.220 e. The van der Waals surface area contributed by atoms with E-state index >= 15 is 0 Å². The second-order valence-electron chi connectivity index (χ2n) is 6.97. The van der Waals surface area contributed by atoms with Crippen LogP contribution in [0.3, 0.4) is 0 Å². The second-order valence-corrected chi connectivity index (χ2v) is 6.97. The van der Waals surface area contributed by atoms with Crippen LogP contribution < -0.4 is 5.32 Å². The number of rotatable bonds is 5. The number of aryl methyl sites for hydroxylation is 2. The van der Waals surface area contributed by atoms with Crippen LogP contribution in [0.5, 0.6) is 0 Å². The molecule has 1 aliphatic rings. The molecular weight excluding hydrogens is 302 g/mol. The highest BCUT2D eigenvalue weighted by molar-refractivity contribution is 5.73. The van der Waals surface area contributed by atoms with E-state index in [9.17, 15) is 4.79 Å². The summed E-state index contributed by atoms with van der Waals surface area (Å²) in [5.74, 6) is 1.94. The van der Waals surface area contributed by atoms with Crippen molar-refractivity contribution in [3.05, 3.63) is 46.7 Å². The average Bonchev–Trinajstić information content (AvgIpc) is 3.13. The minimum absolute atomic E-state index is 0.0501. The fraction of sp³-hybridized carbons (Fsp3) is 0.526. The van der Waals surface area contributed by atoms with Crippen LogP contribution in [0.15, 0.2) is 22.6 Å². The van der Waals surface area contributed by atoms with Crippen LogP contribution in [0, 0.1) is 19.8 Å². The highest BCUT2D eigenvalue weighted by Crippen LogP contribution is 2.28. The number of amides is 1. The summed E-state index contributed by atoms with van der Waals surface area (Å²) in [7, 11) is 0. The molecule has 1 amide bonds. The van der Waals surface area contributed by atoms with E-state index in [4.69, 9.17) is 4.42 Å². The number of hydrogen-bond donors (Lipinski definition) is 1. The zero-order valence-corrected chi connectivity index (χ0v) is 14.6. The molecule has 1 aromatic carbocycles. The Morgan fingerprint density at radius 3 is 2.75 bits per heavy atom. The van der Waals surface area contributed by atoms with Gasteiger partial charge in [-0.3, -0.25) is 4.79 Å². The maximum absolute atomic E-state index is 11.1. The predicted octanol–water partition coefficient (Wildman–Crippen LogP) is 3.12. The molecule has 1 fully saturated rings. The van der Waals surface area contributed by atoms with E-state index in [1.54, 1.807) is 6.92 Å². The first-order chi connectivity index (χ1) is 11.5. The highest BCUT2D eigenvalue weighted by Gasteiger charge is 2.26. The third kappa shape index (κ3) is 4.22. The van der Waals surface area contributed by atoms with E-state index in [1.807, 2.05) is 0 Å². The Balaban J connectivity index is 1.56. The molecule has 128 valence electrons. The van der Waals surface area contributed by atoms with Crippen LogP contribution in [-0.4, -0.2) is 22.1 Å². The number of hydrogen-bond acceptors (Lipinski definition) is 4. The van der Waals surface area contributed by atoms with Gasteiger partial charge in [-0.15, -0.1) is 10.2 Å². The first kappa shape index (κ1) is 16.7. The van der Waals surface area contributed by atoms with Gasteiger partial charge in [0.05, 0.1) is 6.42 Å². The summed E-state index contributed by atoms with van der Waals surface area (Å²) in [6, 6.07) is 6.71. The molecule has 5 heteroatoms. The lowest BCUT2D eigenvalue weighted by atomic mass is 10.0. The van der Waals surface area contributed by atoms with Gasteiger partial charge >= 0.3 is 0 Å². The second kappa shape index (κ2) is 7.16. The van der Waals surface area contributed by atoms with Crippen molar-refractivity contribution in [3.63, 3.8) is 0 Å². The minimum Gasteiger partial charge on any atom is -0.425 e. The standard InChI is InChI=1S/C19H25N3O2/c1-12-4-5-15(8-13(12)2)10-18-21-22-19(24-18)11-16-6-7-17(9-16)20-14(3)23/h4-5,8,16-17H,6-7,9-11H2,1-3H3,(H,20,23)/t16-,17+/m1/s1. The first-order valence-electron chi connectivity index (χ1n) is 8.64. The zero-order chi connectivity index (χ0) is 17.1. The molecule has 0 spiro atoms. The number of benzene rings is 1. The van der Waals surface area contributed by atoms with Crippen molar-refractivity contribution in [1.29, 1.82) is 0 Å². The van der Waals surface area contributed by atoms with E-state index in [1.165, 1.54) is 16.7 Å². The lowest BCUT2D eigenvalue weighted by Gasteiger charge is -2.10. The van der Waals surface area contributed by atoms with Crippen LogP contribution in [0.1, 0.15) is 54.7 Å². The Labute approximate surface area is 142 Å². The Kier molecular flexibility index (Phi) is 4.97. The minimum atomic E-state index is 0.0501. The van der Waals surface area contributed by atoms with Gasteiger partial charge in [-0.25, -0.2) is 0 Å². The van der Waals surface area contributed by atoms with Crippen LogP contribution >= 0.6 is 0 Å². The van der Waals surface area contributed by atoms with Gasteiger partial charge in [0.15, 0.2) is 0 Å². The highest BCUT2D eigenvalue weighted by atomic mass is 16.4. The molecule has 2 atom stereocenters. The first-order valence-corrected chi connectivity index (χ1v) is 8.64. The molecule has 0 bridgehead atoms. The van der Waals surface area contributed by atoms with E-state index in [0.29, 0.717) is 30.2 Å². The monoisotopic (exact) mass is 327 g/mol. The maximum Gasteiger partial charge on any atom is 0.220 e. The molecule has 0 aliphatic heterocycles. The summed E-state index contributed by atoms with van der Waals surface area (Å²) in [4.78, 5) is 11.1. The van der Waals surface area contributed by atoms with Gasteiger partial charge in [-0.1, -0.05) is 18.2 Å². The van der Waals surface area contributed by atoms with E-state index in [0.717, 1.165) is 25.7 Å². The fourth-order valence-corrected chi connectivity index (χ4v) is 3.46. The number of aromatic nitrogens is 2. The molecule has 2 aromatic rings. The van der Waals surface area contributed by atoms with Crippen LogP contribution in [-0.2, 0) is 17.6 Å². The van der Waals surface area contributed by atoms with Gasteiger partial charge in [0.2, 0.25) is 17.7 Å². The van der Waals surface area contributed by atoms with Crippen molar-refractivity contribution in [2.24, 2.45) is 5.92 Å². The van der Waals surface area contributed by atoms with Crippen molar-refractivity contribution in [2.45, 2.75) is 58.9 Å². The number of nitrogens with one attached hydrogen (secondary N) is 1. The molecule has 1 heterocycles. The Bertz CT molecular complexity index is 723. The zero-order valence-electron chi connectivity index (χ0n) is 14.6. The molecule has 1 aliphatic carbocycles. The topological polar surface area (TPSA) is 68.0 Å². The quantitative estimate of drug-likeness (QED) is 0.916. The molecule has 5 nitrogen and oxygen atoms in total. The van der Waals surface area contributed by atoms with Crippen molar-refractivity contribution >= 4 is 5.91 Å². The van der Waals surface area contributed by atoms with Crippen LogP contribution in [0.25, 0.3) is 0 Å². The maximum atomic E-state index is 11.1. The number of carbonyl (C=O) groups is 1.